The Morgan fingerprint density at radius 3 is 2.74 bits per heavy atom. The highest BCUT2D eigenvalue weighted by atomic mass is 35.5. The highest BCUT2D eigenvalue weighted by Gasteiger charge is 2.43. The average molecular weight is 443 g/mol. The summed E-state index contributed by atoms with van der Waals surface area (Å²) >= 11 is 6.72. The number of nitrogens with two attached hydrogens (primary N) is 1. The van der Waals surface area contributed by atoms with Gasteiger partial charge in [0.05, 0.1) is 29.6 Å². The minimum Gasteiger partial charge on any atom is -0.492 e. The number of halogens is 1. The zero-order chi connectivity index (χ0) is 21.6. The van der Waals surface area contributed by atoms with Gasteiger partial charge >= 0.3 is 0 Å². The van der Waals surface area contributed by atoms with Crippen molar-refractivity contribution in [3.63, 3.8) is 0 Å². The molecule has 2 fully saturated rings. The molecule has 3 heterocycles. The molecule has 7 heteroatoms. The molecule has 0 amide bonds. The van der Waals surface area contributed by atoms with Crippen molar-refractivity contribution in [1.82, 2.24) is 9.97 Å². The van der Waals surface area contributed by atoms with E-state index in [1.165, 1.54) is 12.8 Å². The molecule has 1 aliphatic carbocycles. The lowest BCUT2D eigenvalue weighted by molar-refractivity contribution is 0.196. The normalized spacial score (nSPS) is 22.5. The Bertz CT molecular complexity index is 988. The molecule has 3 N–H and O–H groups in total. The highest BCUT2D eigenvalue weighted by Crippen LogP contribution is 2.46. The standard InChI is InChI=1S/C24H31ClN4O2/c1-15-21(17-7-6-16-4-3-13-31-22(16)20(17)25)28-18(14-30)23(27-15)29-11-9-24(10-12-29)8-2-5-19(24)26/h6-7,19,30H,2-5,8-14,26H2,1H3/t19-/m1/s1. The van der Waals surface area contributed by atoms with Gasteiger partial charge in [0, 0.05) is 24.7 Å². The number of rotatable bonds is 3. The largest absolute Gasteiger partial charge is 0.492 e. The van der Waals surface area contributed by atoms with Gasteiger partial charge < -0.3 is 20.5 Å². The van der Waals surface area contributed by atoms with Crippen molar-refractivity contribution in [3.05, 3.63) is 34.1 Å². The van der Waals surface area contributed by atoms with Gasteiger partial charge in [-0.15, -0.1) is 0 Å². The zero-order valence-corrected chi connectivity index (χ0v) is 18.9. The average Bonchev–Trinajstić information content (AvgIpc) is 3.14. The summed E-state index contributed by atoms with van der Waals surface area (Å²) in [6, 6.07) is 4.38. The smallest absolute Gasteiger partial charge is 0.153 e. The molecule has 31 heavy (non-hydrogen) atoms. The van der Waals surface area contributed by atoms with Crippen molar-refractivity contribution in [3.8, 4) is 17.0 Å². The van der Waals surface area contributed by atoms with Crippen molar-refractivity contribution >= 4 is 17.4 Å². The molecule has 2 aliphatic heterocycles. The Labute approximate surface area is 188 Å². The van der Waals surface area contributed by atoms with Crippen LogP contribution in [0.1, 0.15) is 55.5 Å². The van der Waals surface area contributed by atoms with E-state index >= 15 is 0 Å². The summed E-state index contributed by atoms with van der Waals surface area (Å²) < 4.78 is 5.84. The van der Waals surface area contributed by atoms with Gasteiger partial charge in [-0.3, -0.25) is 0 Å². The number of aliphatic hydroxyl groups is 1. The summed E-state index contributed by atoms with van der Waals surface area (Å²) in [5, 5.41) is 10.7. The molecular formula is C24H31ClN4O2. The summed E-state index contributed by atoms with van der Waals surface area (Å²) in [4.78, 5) is 12.0. The van der Waals surface area contributed by atoms with E-state index in [9.17, 15) is 5.11 Å². The monoisotopic (exact) mass is 442 g/mol. The Kier molecular flexibility index (Phi) is 5.57. The van der Waals surface area contributed by atoms with Gasteiger partial charge in [-0.1, -0.05) is 30.2 Å². The van der Waals surface area contributed by atoms with Crippen LogP contribution in [-0.4, -0.2) is 40.8 Å². The van der Waals surface area contributed by atoms with E-state index in [-0.39, 0.29) is 12.0 Å². The van der Waals surface area contributed by atoms with Crippen LogP contribution in [0.4, 0.5) is 5.82 Å². The van der Waals surface area contributed by atoms with E-state index in [2.05, 4.69) is 11.0 Å². The molecule has 1 spiro atoms. The second kappa shape index (κ2) is 8.23. The van der Waals surface area contributed by atoms with Crippen LogP contribution in [0, 0.1) is 12.3 Å². The predicted octanol–water partition coefficient (Wildman–Crippen LogP) is 4.02. The van der Waals surface area contributed by atoms with Crippen LogP contribution in [-0.2, 0) is 13.0 Å². The summed E-state index contributed by atoms with van der Waals surface area (Å²) in [5.74, 6) is 1.55. The number of hydrogen-bond donors (Lipinski definition) is 2. The first-order valence-corrected chi connectivity index (χ1v) is 11.8. The molecule has 1 aromatic carbocycles. The number of benzene rings is 1. The molecule has 0 bridgehead atoms. The summed E-state index contributed by atoms with van der Waals surface area (Å²) in [5.41, 5.74) is 10.8. The van der Waals surface area contributed by atoms with E-state index in [1.54, 1.807) is 0 Å². The number of aryl methyl sites for hydroxylation is 2. The lowest BCUT2D eigenvalue weighted by Crippen LogP contribution is -2.47. The summed E-state index contributed by atoms with van der Waals surface area (Å²) in [6.07, 6.45) is 7.75. The topological polar surface area (TPSA) is 84.5 Å². The van der Waals surface area contributed by atoms with Crippen molar-refractivity contribution in [2.24, 2.45) is 11.1 Å². The van der Waals surface area contributed by atoms with E-state index in [1.807, 2.05) is 13.0 Å². The Morgan fingerprint density at radius 1 is 1.23 bits per heavy atom. The van der Waals surface area contributed by atoms with Gasteiger partial charge in [0.25, 0.3) is 0 Å². The van der Waals surface area contributed by atoms with Gasteiger partial charge in [0.15, 0.2) is 5.82 Å². The third kappa shape index (κ3) is 3.59. The number of fused-ring (bicyclic) bond motifs is 1. The van der Waals surface area contributed by atoms with Crippen LogP contribution in [0.5, 0.6) is 5.75 Å². The first-order valence-electron chi connectivity index (χ1n) is 11.5. The van der Waals surface area contributed by atoms with Gasteiger partial charge in [0.1, 0.15) is 11.4 Å². The van der Waals surface area contributed by atoms with Crippen LogP contribution in [0.15, 0.2) is 12.1 Å². The van der Waals surface area contributed by atoms with E-state index in [0.29, 0.717) is 29.1 Å². The lowest BCUT2D eigenvalue weighted by Gasteiger charge is -2.42. The second-order valence-corrected chi connectivity index (χ2v) is 9.68. The van der Waals surface area contributed by atoms with Crippen molar-refractivity contribution in [2.75, 3.05) is 24.6 Å². The number of aromatic nitrogens is 2. The maximum absolute atomic E-state index is 10.1. The van der Waals surface area contributed by atoms with Crippen molar-refractivity contribution < 1.29 is 9.84 Å². The molecule has 5 rings (SSSR count). The number of hydrogen-bond acceptors (Lipinski definition) is 6. The maximum Gasteiger partial charge on any atom is 0.153 e. The van der Waals surface area contributed by atoms with Crippen molar-refractivity contribution in [1.29, 1.82) is 0 Å². The quantitative estimate of drug-likeness (QED) is 0.746. The molecule has 1 aromatic heterocycles. The fourth-order valence-corrected chi connectivity index (χ4v) is 6.00. The van der Waals surface area contributed by atoms with Crippen LogP contribution >= 0.6 is 11.6 Å². The molecule has 3 aliphatic rings. The van der Waals surface area contributed by atoms with Gasteiger partial charge in [0.2, 0.25) is 0 Å². The second-order valence-electron chi connectivity index (χ2n) is 9.30. The van der Waals surface area contributed by atoms with Crippen molar-refractivity contribution in [2.45, 2.75) is 64.5 Å². The molecule has 1 saturated carbocycles. The Morgan fingerprint density at radius 2 is 2.03 bits per heavy atom. The molecule has 1 saturated heterocycles. The fourth-order valence-electron chi connectivity index (χ4n) is 5.68. The molecular weight excluding hydrogens is 412 g/mol. The highest BCUT2D eigenvalue weighted by molar-refractivity contribution is 6.35. The number of nitrogens with zero attached hydrogens (tertiary/aromatic N) is 3. The fraction of sp³-hybridized carbons (Fsp3) is 0.583. The number of aliphatic hydroxyl groups excluding tert-OH is 1. The first-order chi connectivity index (χ1) is 15.0. The molecule has 0 unspecified atom stereocenters. The van der Waals surface area contributed by atoms with Crippen LogP contribution in [0.3, 0.4) is 0 Å². The first kappa shape index (κ1) is 21.0. The number of piperidine rings is 1. The van der Waals surface area contributed by atoms with Gasteiger partial charge in [-0.25, -0.2) is 9.97 Å². The lowest BCUT2D eigenvalue weighted by atomic mass is 9.74. The Hall–Kier alpha value is -1.89. The molecule has 6 nitrogen and oxygen atoms in total. The molecule has 1 atom stereocenters. The van der Waals surface area contributed by atoms with Crippen LogP contribution in [0.25, 0.3) is 11.3 Å². The Balaban J connectivity index is 1.46. The van der Waals surface area contributed by atoms with E-state index < -0.39 is 0 Å². The predicted molar refractivity (Wildman–Crippen MR) is 123 cm³/mol. The molecule has 2 aromatic rings. The SMILES string of the molecule is Cc1nc(N2CCC3(CCC[C@H]3N)CC2)c(CO)nc1-c1ccc2c(c1Cl)OCCC2. The van der Waals surface area contributed by atoms with Crippen LogP contribution < -0.4 is 15.4 Å². The maximum atomic E-state index is 10.1. The number of anilines is 1. The molecule has 0 radical (unpaired) electrons. The van der Waals surface area contributed by atoms with Gasteiger partial charge in [-0.2, -0.15) is 0 Å². The van der Waals surface area contributed by atoms with Crippen LogP contribution in [0.2, 0.25) is 5.02 Å². The third-order valence-corrected chi connectivity index (χ3v) is 7.95. The minimum absolute atomic E-state index is 0.157. The molecule has 166 valence electrons. The van der Waals surface area contributed by atoms with E-state index in [0.717, 1.165) is 73.6 Å². The van der Waals surface area contributed by atoms with E-state index in [4.69, 9.17) is 32.0 Å². The summed E-state index contributed by atoms with van der Waals surface area (Å²) in [6.45, 7) is 4.29. The minimum atomic E-state index is -0.157. The summed E-state index contributed by atoms with van der Waals surface area (Å²) in [7, 11) is 0. The third-order valence-electron chi connectivity index (χ3n) is 7.58. The van der Waals surface area contributed by atoms with Gasteiger partial charge in [-0.05, 0) is 56.4 Å². The zero-order valence-electron chi connectivity index (χ0n) is 18.2. The number of ether oxygens (including phenoxy) is 1.